The molecule has 0 bridgehead atoms. The summed E-state index contributed by atoms with van der Waals surface area (Å²) in [6.45, 7) is 3.33. The zero-order chi connectivity index (χ0) is 18.8. The van der Waals surface area contributed by atoms with Gasteiger partial charge in [-0.3, -0.25) is 4.99 Å². The van der Waals surface area contributed by atoms with E-state index in [1.807, 2.05) is 37.3 Å². The summed E-state index contributed by atoms with van der Waals surface area (Å²) in [6.07, 6.45) is 0.832. The molecular formula is C19H24FN3O2S. The highest BCUT2D eigenvalue weighted by Crippen LogP contribution is 2.15. The normalized spacial score (nSPS) is 12.0. The fourth-order valence-corrected chi connectivity index (χ4v) is 3.60. The van der Waals surface area contributed by atoms with Crippen LogP contribution in [0.3, 0.4) is 0 Å². The van der Waals surface area contributed by atoms with Crippen molar-refractivity contribution in [1.82, 2.24) is 10.6 Å². The van der Waals surface area contributed by atoms with Gasteiger partial charge in [-0.2, -0.15) is 0 Å². The molecule has 0 saturated heterocycles. The van der Waals surface area contributed by atoms with E-state index >= 15 is 0 Å². The van der Waals surface area contributed by atoms with Gasteiger partial charge in [-0.1, -0.05) is 42.5 Å². The van der Waals surface area contributed by atoms with E-state index in [4.69, 9.17) is 0 Å². The second-order valence-electron chi connectivity index (χ2n) is 5.67. The molecule has 2 aromatic carbocycles. The van der Waals surface area contributed by atoms with Gasteiger partial charge in [0, 0.05) is 13.1 Å². The van der Waals surface area contributed by atoms with Gasteiger partial charge in [0.15, 0.2) is 15.8 Å². The maximum atomic E-state index is 13.7. The zero-order valence-electron chi connectivity index (χ0n) is 14.8. The zero-order valence-corrected chi connectivity index (χ0v) is 15.6. The summed E-state index contributed by atoms with van der Waals surface area (Å²) >= 11 is 0. The molecule has 140 valence electrons. The summed E-state index contributed by atoms with van der Waals surface area (Å²) in [5.41, 5.74) is 1.21. The molecule has 0 unspecified atom stereocenters. The number of rotatable bonds is 8. The van der Waals surface area contributed by atoms with Crippen molar-refractivity contribution in [3.05, 3.63) is 66.0 Å². The largest absolute Gasteiger partial charge is 0.357 e. The minimum Gasteiger partial charge on any atom is -0.357 e. The van der Waals surface area contributed by atoms with E-state index < -0.39 is 15.7 Å². The minimum absolute atomic E-state index is 0.0529. The molecule has 2 N–H and O–H groups in total. The molecule has 5 nitrogen and oxygen atoms in total. The summed E-state index contributed by atoms with van der Waals surface area (Å²) in [6, 6.07) is 15.4. The smallest absolute Gasteiger partial charge is 0.191 e. The topological polar surface area (TPSA) is 70.6 Å². The van der Waals surface area contributed by atoms with Crippen molar-refractivity contribution < 1.29 is 12.8 Å². The van der Waals surface area contributed by atoms with E-state index in [0.717, 1.165) is 12.5 Å². The third kappa shape index (κ3) is 6.15. The SMILES string of the molecule is CCNC(=NCCS(=O)(=O)c1ccccc1F)NCCc1ccccc1. The number of guanidine groups is 1. The van der Waals surface area contributed by atoms with Crippen molar-refractivity contribution in [2.75, 3.05) is 25.4 Å². The van der Waals surface area contributed by atoms with E-state index in [2.05, 4.69) is 15.6 Å². The average molecular weight is 377 g/mol. The predicted octanol–water partition coefficient (Wildman–Crippen LogP) is 2.40. The first-order valence-electron chi connectivity index (χ1n) is 8.56. The Kier molecular flexibility index (Phi) is 7.59. The van der Waals surface area contributed by atoms with Crippen LogP contribution in [-0.4, -0.2) is 39.8 Å². The molecule has 0 radical (unpaired) electrons. The van der Waals surface area contributed by atoms with E-state index in [-0.39, 0.29) is 17.2 Å². The van der Waals surface area contributed by atoms with Crippen LogP contribution in [0.2, 0.25) is 0 Å². The Hall–Kier alpha value is -2.41. The lowest BCUT2D eigenvalue weighted by molar-refractivity contribution is 0.567. The first-order chi connectivity index (χ1) is 12.5. The molecule has 0 aliphatic rings. The van der Waals surface area contributed by atoms with Gasteiger partial charge in [0.1, 0.15) is 10.7 Å². The van der Waals surface area contributed by atoms with Crippen LogP contribution < -0.4 is 10.6 Å². The summed E-state index contributed by atoms with van der Waals surface area (Å²) in [5, 5.41) is 6.25. The number of hydrogen-bond acceptors (Lipinski definition) is 3. The third-order valence-corrected chi connectivity index (χ3v) is 5.42. The molecule has 0 aromatic heterocycles. The van der Waals surface area contributed by atoms with Gasteiger partial charge in [-0.15, -0.1) is 0 Å². The molecule has 7 heteroatoms. The number of hydrogen-bond donors (Lipinski definition) is 2. The van der Waals surface area contributed by atoms with Crippen molar-refractivity contribution in [3.63, 3.8) is 0 Å². The van der Waals surface area contributed by atoms with Crippen LogP contribution in [0.4, 0.5) is 4.39 Å². The summed E-state index contributed by atoms with van der Waals surface area (Å²) < 4.78 is 38.2. The highest BCUT2D eigenvalue weighted by atomic mass is 32.2. The summed E-state index contributed by atoms with van der Waals surface area (Å²) in [4.78, 5) is 4.00. The van der Waals surface area contributed by atoms with Crippen molar-refractivity contribution in [2.24, 2.45) is 4.99 Å². The van der Waals surface area contributed by atoms with Gasteiger partial charge in [-0.05, 0) is 31.0 Å². The van der Waals surface area contributed by atoms with Crippen LogP contribution >= 0.6 is 0 Å². The predicted molar refractivity (Wildman–Crippen MR) is 103 cm³/mol. The Bertz CT molecular complexity index is 824. The number of sulfone groups is 1. The molecule has 2 aromatic rings. The van der Waals surface area contributed by atoms with Gasteiger partial charge in [-0.25, -0.2) is 12.8 Å². The molecule has 0 heterocycles. The summed E-state index contributed by atoms with van der Waals surface area (Å²) in [5.74, 6) is -0.431. The lowest BCUT2D eigenvalue weighted by atomic mass is 10.1. The maximum Gasteiger partial charge on any atom is 0.191 e. The van der Waals surface area contributed by atoms with E-state index in [1.54, 1.807) is 0 Å². The number of aliphatic imine (C=N–C) groups is 1. The second kappa shape index (κ2) is 9.91. The minimum atomic E-state index is -3.70. The quantitative estimate of drug-likeness (QED) is 0.547. The molecule has 0 spiro atoms. The molecule has 0 saturated carbocycles. The van der Waals surface area contributed by atoms with Gasteiger partial charge in [0.2, 0.25) is 0 Å². The Morgan fingerprint density at radius 1 is 1.04 bits per heavy atom. The molecule has 26 heavy (non-hydrogen) atoms. The lowest BCUT2D eigenvalue weighted by Gasteiger charge is -2.11. The average Bonchev–Trinajstić information content (AvgIpc) is 2.63. The molecule has 2 rings (SSSR count). The lowest BCUT2D eigenvalue weighted by Crippen LogP contribution is -2.38. The van der Waals surface area contributed by atoms with Crippen LogP contribution in [0.1, 0.15) is 12.5 Å². The molecule has 0 fully saturated rings. The van der Waals surface area contributed by atoms with Crippen molar-refractivity contribution in [2.45, 2.75) is 18.2 Å². The first kappa shape index (κ1) is 19.9. The standard InChI is InChI=1S/C19H24FN3O2S/c1-2-21-19(22-13-12-16-8-4-3-5-9-16)23-14-15-26(24,25)18-11-7-6-10-17(18)20/h3-11H,2,12-15H2,1H3,(H2,21,22,23). The highest BCUT2D eigenvalue weighted by molar-refractivity contribution is 7.91. The van der Waals surface area contributed by atoms with Gasteiger partial charge in [0.25, 0.3) is 0 Å². The Morgan fingerprint density at radius 2 is 1.73 bits per heavy atom. The van der Waals surface area contributed by atoms with Gasteiger partial charge >= 0.3 is 0 Å². The monoisotopic (exact) mass is 377 g/mol. The molecular weight excluding hydrogens is 353 g/mol. The molecule has 0 aliphatic heterocycles. The van der Waals surface area contributed by atoms with Gasteiger partial charge < -0.3 is 10.6 Å². The second-order valence-corrected chi connectivity index (χ2v) is 7.75. The van der Waals surface area contributed by atoms with Crippen LogP contribution in [-0.2, 0) is 16.3 Å². The van der Waals surface area contributed by atoms with Crippen LogP contribution in [0.25, 0.3) is 0 Å². The number of nitrogens with zero attached hydrogens (tertiary/aromatic N) is 1. The van der Waals surface area contributed by atoms with E-state index in [0.29, 0.717) is 19.0 Å². The Labute approximate surface area is 154 Å². The van der Waals surface area contributed by atoms with E-state index in [1.165, 1.54) is 23.8 Å². The van der Waals surface area contributed by atoms with Crippen molar-refractivity contribution in [1.29, 1.82) is 0 Å². The fraction of sp³-hybridized carbons (Fsp3) is 0.316. The summed E-state index contributed by atoms with van der Waals surface area (Å²) in [7, 11) is -3.70. The molecule has 0 aliphatic carbocycles. The number of nitrogens with one attached hydrogen (secondary N) is 2. The molecule has 0 atom stereocenters. The highest BCUT2D eigenvalue weighted by Gasteiger charge is 2.18. The molecule has 0 amide bonds. The van der Waals surface area contributed by atoms with Crippen LogP contribution in [0.5, 0.6) is 0 Å². The van der Waals surface area contributed by atoms with E-state index in [9.17, 15) is 12.8 Å². The fourth-order valence-electron chi connectivity index (χ4n) is 2.40. The van der Waals surface area contributed by atoms with Gasteiger partial charge in [0.05, 0.1) is 12.3 Å². The van der Waals surface area contributed by atoms with Crippen molar-refractivity contribution >= 4 is 15.8 Å². The van der Waals surface area contributed by atoms with Crippen molar-refractivity contribution in [3.8, 4) is 0 Å². The first-order valence-corrected chi connectivity index (χ1v) is 10.2. The number of benzene rings is 2. The Morgan fingerprint density at radius 3 is 2.42 bits per heavy atom. The third-order valence-electron chi connectivity index (χ3n) is 3.69. The van der Waals surface area contributed by atoms with Crippen LogP contribution in [0.15, 0.2) is 64.5 Å². The number of halogens is 1. The Balaban J connectivity index is 1.91. The maximum absolute atomic E-state index is 13.7. The van der Waals surface area contributed by atoms with Crippen LogP contribution in [0, 0.1) is 5.82 Å².